The molecule has 3 heteroatoms. The molecule has 0 aliphatic heterocycles. The second-order valence-corrected chi connectivity index (χ2v) is 5.58. The van der Waals surface area contributed by atoms with E-state index in [1.54, 1.807) is 0 Å². The van der Waals surface area contributed by atoms with Gasteiger partial charge in [0.15, 0.2) is 0 Å². The summed E-state index contributed by atoms with van der Waals surface area (Å²) in [5.74, 6) is 0. The lowest BCUT2D eigenvalue weighted by Gasteiger charge is -2.30. The molecule has 0 saturated heterocycles. The van der Waals surface area contributed by atoms with E-state index in [9.17, 15) is 4.79 Å². The van der Waals surface area contributed by atoms with Gasteiger partial charge in [-0.3, -0.25) is 9.69 Å². The van der Waals surface area contributed by atoms with E-state index in [4.69, 9.17) is 0 Å². The van der Waals surface area contributed by atoms with Crippen molar-refractivity contribution in [2.45, 2.75) is 38.8 Å². The van der Waals surface area contributed by atoms with Crippen LogP contribution in [0.1, 0.15) is 41.3 Å². The number of hydrogen-bond acceptors (Lipinski definition) is 3. The number of likely N-dealkylation sites (N-methyl/N-ethyl adjacent to an activating group) is 2. The van der Waals surface area contributed by atoms with E-state index in [0.717, 1.165) is 48.9 Å². The lowest BCUT2D eigenvalue weighted by Crippen LogP contribution is -2.36. The third kappa shape index (κ3) is 4.85. The Morgan fingerprint density at radius 3 is 2.73 bits per heavy atom. The van der Waals surface area contributed by atoms with E-state index in [-0.39, 0.29) is 6.04 Å². The number of hydrogen-bond donors (Lipinski definition) is 1. The second-order valence-electron chi connectivity index (χ2n) is 5.58. The van der Waals surface area contributed by atoms with Crippen molar-refractivity contribution in [3.8, 4) is 0 Å². The molecule has 1 rings (SSSR count). The van der Waals surface area contributed by atoms with E-state index >= 15 is 0 Å². The average Bonchev–Trinajstić information content (AvgIpc) is 2.54. The predicted octanol–water partition coefficient (Wildman–Crippen LogP) is 3.56. The largest absolute Gasteiger partial charge is 0.391 e. The van der Waals surface area contributed by atoms with Crippen LogP contribution >= 0.6 is 0 Å². The standard InChI is InChI=1S/C19H28N2O/c1-6-8-9-19(15(3)20-4)21(5)13-18-12-16(7-2)10-11-17(18)14-22/h6,10-12,14,19-20H,1,3,7-9,13H2,2,4-5H3. The molecular formula is C19H28N2O. The summed E-state index contributed by atoms with van der Waals surface area (Å²) in [6, 6.07) is 6.29. The number of benzene rings is 1. The molecule has 1 atom stereocenters. The topological polar surface area (TPSA) is 32.3 Å². The molecule has 1 aromatic carbocycles. The van der Waals surface area contributed by atoms with Gasteiger partial charge in [0.1, 0.15) is 6.29 Å². The zero-order valence-corrected chi connectivity index (χ0v) is 14.1. The smallest absolute Gasteiger partial charge is 0.150 e. The Morgan fingerprint density at radius 1 is 1.45 bits per heavy atom. The maximum atomic E-state index is 11.3. The quantitative estimate of drug-likeness (QED) is 0.530. The molecule has 1 aromatic rings. The maximum Gasteiger partial charge on any atom is 0.150 e. The fourth-order valence-electron chi connectivity index (χ4n) is 2.61. The molecule has 22 heavy (non-hydrogen) atoms. The van der Waals surface area contributed by atoms with Gasteiger partial charge in [0.25, 0.3) is 0 Å². The fourth-order valence-corrected chi connectivity index (χ4v) is 2.61. The van der Waals surface area contributed by atoms with Crippen molar-refractivity contribution in [3.05, 3.63) is 59.8 Å². The second kappa shape index (κ2) is 9.21. The molecule has 0 heterocycles. The minimum Gasteiger partial charge on any atom is -0.391 e. The number of rotatable bonds is 10. The Hall–Kier alpha value is -1.87. The van der Waals surface area contributed by atoms with Crippen molar-refractivity contribution in [3.63, 3.8) is 0 Å². The third-order valence-corrected chi connectivity index (χ3v) is 4.06. The van der Waals surface area contributed by atoms with Gasteiger partial charge in [-0.25, -0.2) is 0 Å². The first-order valence-corrected chi connectivity index (χ1v) is 7.82. The number of nitrogens with zero attached hydrogens (tertiary/aromatic N) is 1. The van der Waals surface area contributed by atoms with Crippen LogP contribution in [0, 0.1) is 0 Å². The summed E-state index contributed by atoms with van der Waals surface area (Å²) in [7, 11) is 3.97. The Morgan fingerprint density at radius 2 is 2.18 bits per heavy atom. The van der Waals surface area contributed by atoms with Gasteiger partial charge in [-0.1, -0.05) is 37.8 Å². The minimum absolute atomic E-state index is 0.216. The molecule has 0 fully saturated rings. The van der Waals surface area contributed by atoms with Crippen LogP contribution in [0.2, 0.25) is 0 Å². The number of aldehydes is 1. The first-order chi connectivity index (χ1) is 10.6. The highest BCUT2D eigenvalue weighted by molar-refractivity contribution is 5.77. The van der Waals surface area contributed by atoms with Crippen LogP contribution in [0.5, 0.6) is 0 Å². The number of carbonyl (C=O) groups excluding carboxylic acids is 1. The average molecular weight is 300 g/mol. The summed E-state index contributed by atoms with van der Waals surface area (Å²) in [4.78, 5) is 13.5. The van der Waals surface area contributed by atoms with Gasteiger partial charge in [0.05, 0.1) is 0 Å². The van der Waals surface area contributed by atoms with Crippen LogP contribution in [-0.4, -0.2) is 31.3 Å². The van der Waals surface area contributed by atoms with Gasteiger partial charge < -0.3 is 5.32 Å². The van der Waals surface area contributed by atoms with Crippen LogP contribution in [0.25, 0.3) is 0 Å². The van der Waals surface area contributed by atoms with E-state index in [0.29, 0.717) is 0 Å². The predicted molar refractivity (Wildman–Crippen MR) is 94.1 cm³/mol. The van der Waals surface area contributed by atoms with Gasteiger partial charge in [-0.05, 0) is 37.4 Å². The summed E-state index contributed by atoms with van der Waals surface area (Å²) in [6.07, 6.45) is 5.74. The summed E-state index contributed by atoms with van der Waals surface area (Å²) < 4.78 is 0. The van der Waals surface area contributed by atoms with Crippen molar-refractivity contribution >= 4 is 6.29 Å². The van der Waals surface area contributed by atoms with Gasteiger partial charge in [0.2, 0.25) is 0 Å². The summed E-state index contributed by atoms with van der Waals surface area (Å²) in [6.45, 7) is 10.8. The van der Waals surface area contributed by atoms with Crippen molar-refractivity contribution in [2.75, 3.05) is 14.1 Å². The van der Waals surface area contributed by atoms with Gasteiger partial charge in [-0.15, -0.1) is 6.58 Å². The molecule has 0 spiro atoms. The summed E-state index contributed by atoms with van der Waals surface area (Å²) in [5, 5.41) is 3.15. The normalized spacial score (nSPS) is 12.0. The molecule has 0 aromatic heterocycles. The van der Waals surface area contributed by atoms with E-state index in [1.807, 2.05) is 25.3 Å². The van der Waals surface area contributed by atoms with Crippen molar-refractivity contribution < 1.29 is 4.79 Å². The first-order valence-electron chi connectivity index (χ1n) is 7.82. The van der Waals surface area contributed by atoms with Crippen molar-refractivity contribution in [1.29, 1.82) is 0 Å². The number of aryl methyl sites for hydroxylation is 1. The molecule has 1 unspecified atom stereocenters. The maximum absolute atomic E-state index is 11.3. The first kappa shape index (κ1) is 18.2. The van der Waals surface area contributed by atoms with Crippen LogP contribution in [-0.2, 0) is 13.0 Å². The fraction of sp³-hybridized carbons (Fsp3) is 0.421. The molecule has 0 saturated carbocycles. The monoisotopic (exact) mass is 300 g/mol. The lowest BCUT2D eigenvalue weighted by molar-refractivity contribution is 0.112. The molecule has 1 N–H and O–H groups in total. The zero-order valence-electron chi connectivity index (χ0n) is 14.1. The van der Waals surface area contributed by atoms with Gasteiger partial charge >= 0.3 is 0 Å². The molecule has 0 radical (unpaired) electrons. The highest BCUT2D eigenvalue weighted by atomic mass is 16.1. The number of nitrogens with one attached hydrogen (secondary N) is 1. The Bertz CT molecular complexity index is 522. The van der Waals surface area contributed by atoms with Gasteiger partial charge in [0, 0.05) is 30.9 Å². The van der Waals surface area contributed by atoms with Crippen molar-refractivity contribution in [2.24, 2.45) is 0 Å². The van der Waals surface area contributed by atoms with Crippen LogP contribution < -0.4 is 5.32 Å². The van der Waals surface area contributed by atoms with Crippen LogP contribution in [0.4, 0.5) is 0 Å². The summed E-state index contributed by atoms with van der Waals surface area (Å²) >= 11 is 0. The summed E-state index contributed by atoms with van der Waals surface area (Å²) in [5.41, 5.74) is 4.08. The highest BCUT2D eigenvalue weighted by Gasteiger charge is 2.18. The Kier molecular flexibility index (Phi) is 7.61. The Labute approximate surface area is 134 Å². The highest BCUT2D eigenvalue weighted by Crippen LogP contribution is 2.18. The SMILES string of the molecule is C=CCCC(C(=C)NC)N(C)Cc1cc(CC)ccc1C=O. The minimum atomic E-state index is 0.216. The molecule has 0 aliphatic carbocycles. The number of carbonyl (C=O) groups is 1. The van der Waals surface area contributed by atoms with Crippen molar-refractivity contribution in [1.82, 2.24) is 10.2 Å². The zero-order chi connectivity index (χ0) is 16.5. The van der Waals surface area contributed by atoms with Gasteiger partial charge in [-0.2, -0.15) is 0 Å². The number of allylic oxidation sites excluding steroid dienone is 1. The molecule has 0 aliphatic rings. The molecule has 0 bridgehead atoms. The molecule has 0 amide bonds. The van der Waals surface area contributed by atoms with E-state index < -0.39 is 0 Å². The van der Waals surface area contributed by atoms with E-state index in [1.165, 1.54) is 5.56 Å². The third-order valence-electron chi connectivity index (χ3n) is 4.06. The van der Waals surface area contributed by atoms with E-state index in [2.05, 4.69) is 43.4 Å². The van der Waals surface area contributed by atoms with Crippen LogP contribution in [0.3, 0.4) is 0 Å². The molecule has 120 valence electrons. The lowest BCUT2D eigenvalue weighted by atomic mass is 10.0. The molecule has 3 nitrogen and oxygen atoms in total. The Balaban J connectivity index is 2.96. The molecular weight excluding hydrogens is 272 g/mol. The van der Waals surface area contributed by atoms with Crippen LogP contribution in [0.15, 0.2) is 43.1 Å².